The maximum atomic E-state index is 5.93. The molecule has 3 rings (SSSR count). The normalized spacial score (nSPS) is 26.7. The van der Waals surface area contributed by atoms with Crippen LogP contribution in [0.4, 0.5) is 5.95 Å². The van der Waals surface area contributed by atoms with Crippen molar-refractivity contribution in [2.45, 2.75) is 37.8 Å². The summed E-state index contributed by atoms with van der Waals surface area (Å²) in [6.07, 6.45) is 8.55. The number of hydrogen-bond acceptors (Lipinski definition) is 5. The van der Waals surface area contributed by atoms with Gasteiger partial charge < -0.3 is 0 Å². The molecule has 0 bridgehead atoms. The summed E-state index contributed by atoms with van der Waals surface area (Å²) < 4.78 is 7.17. The number of nitrogens with zero attached hydrogens (tertiary/aromatic N) is 2. The average molecular weight is 361 g/mol. The number of rotatable bonds is 3. The first-order valence-corrected chi connectivity index (χ1v) is 12.3. The number of nitrogens with two attached hydrogens (primary N) is 1. The second kappa shape index (κ2) is 6.24. The number of hydrogen-bond donors (Lipinski definition) is 3. The van der Waals surface area contributed by atoms with Crippen molar-refractivity contribution in [2.75, 3.05) is 11.9 Å². The van der Waals surface area contributed by atoms with E-state index in [1.54, 1.807) is 0 Å². The Hall–Kier alpha value is -0.590. The molecule has 2 heterocycles. The van der Waals surface area contributed by atoms with Gasteiger partial charge in [0.05, 0.1) is 0 Å². The van der Waals surface area contributed by atoms with Gasteiger partial charge in [-0.2, -0.15) is 0 Å². The van der Waals surface area contributed by atoms with Gasteiger partial charge in [0.25, 0.3) is 0 Å². The van der Waals surface area contributed by atoms with Gasteiger partial charge in [-0.1, -0.05) is 0 Å². The fraction of sp³-hybridized carbons (Fsp3) is 0.538. The molecule has 0 aromatic carbocycles. The Balaban J connectivity index is 1.64. The van der Waals surface area contributed by atoms with Gasteiger partial charge in [0.2, 0.25) is 0 Å². The number of anilines is 1. The van der Waals surface area contributed by atoms with Crippen molar-refractivity contribution in [1.29, 1.82) is 0 Å². The molecule has 100 valence electrons. The van der Waals surface area contributed by atoms with Crippen molar-refractivity contribution in [1.82, 2.24) is 13.3 Å². The molecule has 1 fully saturated rings. The number of aromatic nitrogens is 2. The molecule has 0 unspecified atom stereocenters. The number of nitrogens with one attached hydrogen (secondary N) is 2. The fourth-order valence-corrected chi connectivity index (χ4v) is 8.14. The third kappa shape index (κ3) is 3.49. The Labute approximate surface area is 122 Å². The van der Waals surface area contributed by atoms with Crippen LogP contribution in [-0.2, 0) is 0 Å². The van der Waals surface area contributed by atoms with Crippen LogP contribution in [0.3, 0.4) is 0 Å². The summed E-state index contributed by atoms with van der Waals surface area (Å²) in [5.74, 6) is 0.789. The van der Waals surface area contributed by atoms with Gasteiger partial charge >= 0.3 is 122 Å². The van der Waals surface area contributed by atoms with Crippen molar-refractivity contribution in [3.05, 3.63) is 22.2 Å². The van der Waals surface area contributed by atoms with E-state index >= 15 is 0 Å². The van der Waals surface area contributed by atoms with E-state index in [-0.39, 0.29) is 0 Å². The SMILES string of the molecule is NC1CCC(Nc2ncc[c]([In]3[CH]=CC[NH]3)n2)CC1. The van der Waals surface area contributed by atoms with E-state index in [4.69, 9.17) is 10.7 Å². The van der Waals surface area contributed by atoms with Crippen LogP contribution in [0, 0.1) is 0 Å². The van der Waals surface area contributed by atoms with E-state index < -0.39 is 21.7 Å². The maximum absolute atomic E-state index is 5.93. The van der Waals surface area contributed by atoms with Gasteiger partial charge in [-0.3, -0.25) is 0 Å². The molecule has 5 nitrogen and oxygen atoms in total. The van der Waals surface area contributed by atoms with Crippen LogP contribution in [0.2, 0.25) is 0 Å². The average Bonchev–Trinajstić information content (AvgIpc) is 2.96. The van der Waals surface area contributed by atoms with E-state index in [0.717, 1.165) is 38.2 Å². The minimum atomic E-state index is -1.89. The van der Waals surface area contributed by atoms with Crippen LogP contribution >= 0.6 is 0 Å². The monoisotopic (exact) mass is 361 g/mol. The van der Waals surface area contributed by atoms with Gasteiger partial charge in [-0.25, -0.2) is 0 Å². The summed E-state index contributed by atoms with van der Waals surface area (Å²) in [6.45, 7) is 1.01. The molecular formula is C13H20InN5. The molecule has 0 amide bonds. The summed E-state index contributed by atoms with van der Waals surface area (Å²) in [6, 6.07) is 2.93. The Morgan fingerprint density at radius 3 is 2.89 bits per heavy atom. The second-order valence-corrected chi connectivity index (χ2v) is 12.1. The molecule has 2 aliphatic rings. The quantitative estimate of drug-likeness (QED) is 0.710. The van der Waals surface area contributed by atoms with Crippen LogP contribution < -0.4 is 17.8 Å². The van der Waals surface area contributed by atoms with Crippen LogP contribution in [0.1, 0.15) is 25.7 Å². The summed E-state index contributed by atoms with van der Waals surface area (Å²) in [4.78, 5) is 9.05. The topological polar surface area (TPSA) is 75.9 Å². The van der Waals surface area contributed by atoms with Crippen LogP contribution in [-0.4, -0.2) is 50.3 Å². The van der Waals surface area contributed by atoms with E-state index in [1.165, 1.54) is 3.45 Å². The minimum absolute atomic E-state index is 0.384. The Morgan fingerprint density at radius 2 is 2.16 bits per heavy atom. The van der Waals surface area contributed by atoms with E-state index in [0.29, 0.717) is 12.1 Å². The van der Waals surface area contributed by atoms with Crippen molar-refractivity contribution in [2.24, 2.45) is 5.73 Å². The van der Waals surface area contributed by atoms with E-state index in [1.807, 2.05) is 6.20 Å². The summed E-state index contributed by atoms with van der Waals surface area (Å²) in [5.41, 5.74) is 5.93. The van der Waals surface area contributed by atoms with Gasteiger partial charge in [0.15, 0.2) is 0 Å². The predicted molar refractivity (Wildman–Crippen MR) is 78.4 cm³/mol. The Morgan fingerprint density at radius 1 is 1.32 bits per heavy atom. The molecule has 0 atom stereocenters. The van der Waals surface area contributed by atoms with Gasteiger partial charge in [0.1, 0.15) is 0 Å². The first-order valence-electron chi connectivity index (χ1n) is 7.06. The van der Waals surface area contributed by atoms with Crippen LogP contribution in [0.15, 0.2) is 22.2 Å². The molecule has 0 spiro atoms. The first-order chi connectivity index (χ1) is 9.31. The van der Waals surface area contributed by atoms with E-state index in [2.05, 4.69) is 29.6 Å². The van der Waals surface area contributed by atoms with Crippen molar-refractivity contribution in [3.8, 4) is 0 Å². The zero-order valence-corrected chi connectivity index (χ0v) is 14.3. The Bertz CT molecular complexity index is 456. The summed E-state index contributed by atoms with van der Waals surface area (Å²) in [5, 5.41) is 3.47. The molecule has 1 saturated carbocycles. The van der Waals surface area contributed by atoms with Crippen LogP contribution in [0.5, 0.6) is 0 Å². The third-order valence-corrected chi connectivity index (χ3v) is 10.4. The second-order valence-electron chi connectivity index (χ2n) is 5.38. The zero-order chi connectivity index (χ0) is 13.1. The Kier molecular flexibility index (Phi) is 4.40. The third-order valence-electron chi connectivity index (χ3n) is 3.88. The van der Waals surface area contributed by atoms with Crippen molar-refractivity contribution in [3.63, 3.8) is 0 Å². The molecule has 4 N–H and O–H groups in total. The predicted octanol–water partition coefficient (Wildman–Crippen LogP) is 0.0555. The van der Waals surface area contributed by atoms with Gasteiger partial charge in [-0.05, 0) is 0 Å². The molecule has 6 heteroatoms. The molecular weight excluding hydrogens is 341 g/mol. The summed E-state index contributed by atoms with van der Waals surface area (Å²) >= 11 is -1.89. The molecule has 19 heavy (non-hydrogen) atoms. The van der Waals surface area contributed by atoms with Crippen LogP contribution in [0.25, 0.3) is 0 Å². The molecule has 1 aromatic heterocycles. The molecule has 1 aromatic rings. The fourth-order valence-electron chi connectivity index (χ4n) is 2.73. The molecule has 0 saturated heterocycles. The van der Waals surface area contributed by atoms with Gasteiger partial charge in [-0.15, -0.1) is 0 Å². The standard InChI is InChI=1S/C10H15N4.C3H5N.In/c11-8-2-4-9(5-3-8)14-10-12-6-1-7-13-10;1-2-3-4;/h1,6,8-9H,2-5,11H2,(H,12,13,14);1-2,4H,3H2;/q;-1;+1. The molecule has 1 aliphatic heterocycles. The van der Waals surface area contributed by atoms with Crippen molar-refractivity contribution < 1.29 is 0 Å². The van der Waals surface area contributed by atoms with E-state index in [9.17, 15) is 0 Å². The first kappa shape index (κ1) is 13.4. The summed E-state index contributed by atoms with van der Waals surface area (Å²) in [7, 11) is 0. The zero-order valence-electron chi connectivity index (χ0n) is 11.0. The van der Waals surface area contributed by atoms with Crippen molar-refractivity contribution >= 4 is 31.1 Å². The molecule has 0 radical (unpaired) electrons. The van der Waals surface area contributed by atoms with Gasteiger partial charge in [0, 0.05) is 0 Å². The molecule has 1 aliphatic carbocycles.